The van der Waals surface area contributed by atoms with E-state index in [0.29, 0.717) is 33.8 Å². The first kappa shape index (κ1) is 24.6. The molecule has 1 amide bonds. The van der Waals surface area contributed by atoms with Crippen LogP contribution in [0.4, 0.5) is 5.69 Å². The highest BCUT2D eigenvalue weighted by molar-refractivity contribution is 7.99. The zero-order valence-corrected chi connectivity index (χ0v) is 20.4. The van der Waals surface area contributed by atoms with Crippen LogP contribution in [0.1, 0.15) is 34.2 Å². The minimum atomic E-state index is -0.511. The maximum absolute atomic E-state index is 12.5. The molecule has 0 radical (unpaired) electrons. The van der Waals surface area contributed by atoms with Gasteiger partial charge >= 0.3 is 5.97 Å². The average Bonchev–Trinajstić information content (AvgIpc) is 3.20. The third kappa shape index (κ3) is 6.06. The van der Waals surface area contributed by atoms with Crippen molar-refractivity contribution >= 4 is 40.9 Å². The summed E-state index contributed by atoms with van der Waals surface area (Å²) >= 11 is 7.41. The Labute approximate surface area is 201 Å². The summed E-state index contributed by atoms with van der Waals surface area (Å²) in [5, 5.41) is 12.1. The molecule has 33 heavy (non-hydrogen) atoms. The van der Waals surface area contributed by atoms with Gasteiger partial charge < -0.3 is 19.4 Å². The Hall–Kier alpha value is -3.04. The van der Waals surface area contributed by atoms with Crippen LogP contribution in [0.5, 0.6) is 5.75 Å². The van der Waals surface area contributed by atoms with E-state index in [-0.39, 0.29) is 18.3 Å². The predicted molar refractivity (Wildman–Crippen MR) is 128 cm³/mol. The van der Waals surface area contributed by atoms with Crippen molar-refractivity contribution in [3.63, 3.8) is 0 Å². The van der Waals surface area contributed by atoms with Crippen molar-refractivity contribution in [2.75, 3.05) is 18.2 Å². The molecule has 0 spiro atoms. The number of para-hydroxylation sites is 1. The highest BCUT2D eigenvalue weighted by atomic mass is 35.5. The van der Waals surface area contributed by atoms with Crippen molar-refractivity contribution in [3.8, 4) is 5.75 Å². The summed E-state index contributed by atoms with van der Waals surface area (Å²) < 4.78 is 12.6. The van der Waals surface area contributed by atoms with Gasteiger partial charge in [0.05, 0.1) is 29.1 Å². The number of amides is 1. The standard InChI is InChI=1S/C23H25ClN4O4S/c1-5-28-19(12-32-21-14(2)7-6-8-15(21)3)26-27-23(28)33-13-20(29)25-18-11-16(22(30)31-4)9-10-17(18)24/h6-11H,5,12-13H2,1-4H3,(H,25,29). The molecular weight excluding hydrogens is 464 g/mol. The lowest BCUT2D eigenvalue weighted by Gasteiger charge is -2.12. The Morgan fingerprint density at radius 2 is 1.88 bits per heavy atom. The second-order valence-corrected chi connectivity index (χ2v) is 8.53. The van der Waals surface area contributed by atoms with Gasteiger partial charge in [-0.1, -0.05) is 41.6 Å². The van der Waals surface area contributed by atoms with E-state index in [1.807, 2.05) is 43.5 Å². The van der Waals surface area contributed by atoms with Gasteiger partial charge in [-0.3, -0.25) is 4.79 Å². The third-order valence-corrected chi connectivity index (χ3v) is 6.15. The van der Waals surface area contributed by atoms with Crippen LogP contribution in [-0.4, -0.2) is 39.5 Å². The zero-order valence-electron chi connectivity index (χ0n) is 18.8. The Kier molecular flexibility index (Phi) is 8.35. The molecule has 1 N–H and O–H groups in total. The van der Waals surface area contributed by atoms with Gasteiger partial charge in [0, 0.05) is 6.54 Å². The van der Waals surface area contributed by atoms with Crippen molar-refractivity contribution in [1.82, 2.24) is 14.8 Å². The van der Waals surface area contributed by atoms with Gasteiger partial charge in [0.25, 0.3) is 0 Å². The summed E-state index contributed by atoms with van der Waals surface area (Å²) in [6.07, 6.45) is 0. The van der Waals surface area contributed by atoms with E-state index in [4.69, 9.17) is 21.1 Å². The first-order valence-corrected chi connectivity index (χ1v) is 11.6. The smallest absolute Gasteiger partial charge is 0.337 e. The molecule has 0 aliphatic carbocycles. The number of halogens is 1. The molecule has 1 heterocycles. The van der Waals surface area contributed by atoms with Crippen LogP contribution in [0.2, 0.25) is 5.02 Å². The molecule has 8 nitrogen and oxygen atoms in total. The third-order valence-electron chi connectivity index (χ3n) is 4.86. The second kappa shape index (κ2) is 11.2. The Morgan fingerprint density at radius 1 is 1.15 bits per heavy atom. The van der Waals surface area contributed by atoms with Crippen molar-refractivity contribution in [2.24, 2.45) is 0 Å². The molecule has 0 aliphatic rings. The fourth-order valence-electron chi connectivity index (χ4n) is 3.20. The monoisotopic (exact) mass is 488 g/mol. The molecule has 0 atom stereocenters. The number of nitrogens with zero attached hydrogens (tertiary/aromatic N) is 3. The Morgan fingerprint density at radius 3 is 2.55 bits per heavy atom. The predicted octanol–water partition coefficient (Wildman–Crippen LogP) is 4.66. The van der Waals surface area contributed by atoms with Gasteiger partial charge in [-0.25, -0.2) is 4.79 Å². The van der Waals surface area contributed by atoms with Gasteiger partial charge in [0.1, 0.15) is 12.4 Å². The van der Waals surface area contributed by atoms with E-state index in [2.05, 4.69) is 15.5 Å². The minimum Gasteiger partial charge on any atom is -0.485 e. The number of hydrogen-bond acceptors (Lipinski definition) is 7. The number of aryl methyl sites for hydroxylation is 2. The van der Waals surface area contributed by atoms with Crippen molar-refractivity contribution in [1.29, 1.82) is 0 Å². The number of benzene rings is 2. The quantitative estimate of drug-likeness (QED) is 0.345. The van der Waals surface area contributed by atoms with E-state index >= 15 is 0 Å². The van der Waals surface area contributed by atoms with Gasteiger partial charge in [-0.05, 0) is 50.1 Å². The van der Waals surface area contributed by atoms with Crippen LogP contribution < -0.4 is 10.1 Å². The first-order chi connectivity index (χ1) is 15.8. The van der Waals surface area contributed by atoms with Crippen molar-refractivity contribution in [3.05, 3.63) is 63.9 Å². The van der Waals surface area contributed by atoms with Crippen LogP contribution in [0, 0.1) is 13.8 Å². The number of carbonyl (C=O) groups is 2. The van der Waals surface area contributed by atoms with E-state index in [0.717, 1.165) is 16.9 Å². The summed E-state index contributed by atoms with van der Waals surface area (Å²) in [5.41, 5.74) is 2.74. The Balaban J connectivity index is 1.63. The molecule has 10 heteroatoms. The fourth-order valence-corrected chi connectivity index (χ4v) is 4.18. The number of methoxy groups -OCH3 is 1. The molecule has 0 saturated heterocycles. The SMILES string of the molecule is CCn1c(COc2c(C)cccc2C)nnc1SCC(=O)Nc1cc(C(=O)OC)ccc1Cl. The van der Waals surface area contributed by atoms with E-state index in [1.165, 1.54) is 37.1 Å². The maximum atomic E-state index is 12.5. The molecule has 0 aliphatic heterocycles. The molecular formula is C23H25ClN4O4S. The minimum absolute atomic E-state index is 0.0919. The van der Waals surface area contributed by atoms with Gasteiger partial charge in [-0.2, -0.15) is 0 Å². The number of anilines is 1. The van der Waals surface area contributed by atoms with E-state index < -0.39 is 5.97 Å². The van der Waals surface area contributed by atoms with Crippen LogP contribution in [0.25, 0.3) is 0 Å². The zero-order chi connectivity index (χ0) is 24.0. The summed E-state index contributed by atoms with van der Waals surface area (Å²) in [4.78, 5) is 24.2. The lowest BCUT2D eigenvalue weighted by atomic mass is 10.1. The lowest BCUT2D eigenvalue weighted by Crippen LogP contribution is -2.16. The largest absolute Gasteiger partial charge is 0.485 e. The number of rotatable bonds is 9. The number of ether oxygens (including phenoxy) is 2. The molecule has 0 saturated carbocycles. The molecule has 2 aromatic carbocycles. The van der Waals surface area contributed by atoms with Crippen molar-refractivity contribution < 1.29 is 19.1 Å². The molecule has 3 aromatic rings. The summed E-state index contributed by atoms with van der Waals surface area (Å²) in [6, 6.07) is 10.5. The highest BCUT2D eigenvalue weighted by Gasteiger charge is 2.16. The Bertz CT molecular complexity index is 1150. The lowest BCUT2D eigenvalue weighted by molar-refractivity contribution is -0.113. The van der Waals surface area contributed by atoms with Gasteiger partial charge in [0.2, 0.25) is 5.91 Å². The van der Waals surface area contributed by atoms with Gasteiger partial charge in [-0.15, -0.1) is 10.2 Å². The van der Waals surface area contributed by atoms with Crippen molar-refractivity contribution in [2.45, 2.75) is 39.1 Å². The molecule has 3 rings (SSSR count). The topological polar surface area (TPSA) is 95.3 Å². The summed E-state index contributed by atoms with van der Waals surface area (Å²) in [7, 11) is 1.29. The molecule has 1 aromatic heterocycles. The summed E-state index contributed by atoms with van der Waals surface area (Å²) in [5.74, 6) is 0.806. The van der Waals surface area contributed by atoms with E-state index in [9.17, 15) is 9.59 Å². The normalized spacial score (nSPS) is 10.7. The number of hydrogen-bond donors (Lipinski definition) is 1. The fraction of sp³-hybridized carbons (Fsp3) is 0.304. The number of carbonyl (C=O) groups excluding carboxylic acids is 2. The second-order valence-electron chi connectivity index (χ2n) is 7.18. The molecule has 0 bridgehead atoms. The number of thioether (sulfide) groups is 1. The molecule has 0 fully saturated rings. The highest BCUT2D eigenvalue weighted by Crippen LogP contribution is 2.26. The van der Waals surface area contributed by atoms with Gasteiger partial charge in [0.15, 0.2) is 11.0 Å². The maximum Gasteiger partial charge on any atom is 0.337 e. The van der Waals surface area contributed by atoms with Crippen LogP contribution in [-0.2, 0) is 22.7 Å². The average molecular weight is 489 g/mol. The first-order valence-electron chi connectivity index (χ1n) is 10.3. The number of aromatic nitrogens is 3. The molecule has 0 unspecified atom stereocenters. The van der Waals surface area contributed by atoms with Crippen LogP contribution in [0.3, 0.4) is 0 Å². The van der Waals surface area contributed by atoms with Crippen LogP contribution in [0.15, 0.2) is 41.6 Å². The van der Waals surface area contributed by atoms with Crippen LogP contribution >= 0.6 is 23.4 Å². The molecule has 174 valence electrons. The summed E-state index contributed by atoms with van der Waals surface area (Å²) in [6.45, 7) is 6.89. The van der Waals surface area contributed by atoms with E-state index in [1.54, 1.807) is 0 Å². The number of esters is 1. The number of nitrogens with one attached hydrogen (secondary N) is 1.